The quantitative estimate of drug-likeness (QED) is 0.280. The summed E-state index contributed by atoms with van der Waals surface area (Å²) < 4.78 is 13.2. The standard InChI is InChI=1S/C25H23N5O3S/c1-3-23-28-29-25(34-23)27-24(31)17(15-26)13-18-16-30(22-10-5-4-9-21(18)22)11-12-33-20-8-6-7-19(14-20)32-2/h4-10,13-14,16H,3,11-12H2,1-2H3,(H,27,29,31). The number of carbonyl (C=O) groups is 1. The lowest BCUT2D eigenvalue weighted by atomic mass is 10.1. The highest BCUT2D eigenvalue weighted by Crippen LogP contribution is 2.25. The van der Waals surface area contributed by atoms with E-state index in [9.17, 15) is 10.1 Å². The molecule has 9 heteroatoms. The number of nitrogens with one attached hydrogen (secondary N) is 1. The average molecular weight is 474 g/mol. The summed E-state index contributed by atoms with van der Waals surface area (Å²) in [6, 6.07) is 17.3. The van der Waals surface area contributed by atoms with Crippen molar-refractivity contribution in [2.45, 2.75) is 19.9 Å². The van der Waals surface area contributed by atoms with Crippen molar-refractivity contribution in [3.05, 3.63) is 70.9 Å². The van der Waals surface area contributed by atoms with E-state index in [-0.39, 0.29) is 5.57 Å². The molecular formula is C25H23N5O3S. The number of aryl methyl sites for hydroxylation is 1. The highest BCUT2D eigenvalue weighted by molar-refractivity contribution is 7.15. The number of methoxy groups -OCH3 is 1. The lowest BCUT2D eigenvalue weighted by Gasteiger charge is -2.09. The first kappa shape index (κ1) is 23.0. The average Bonchev–Trinajstić information content (AvgIpc) is 3.47. The minimum Gasteiger partial charge on any atom is -0.497 e. The highest BCUT2D eigenvalue weighted by Gasteiger charge is 2.15. The van der Waals surface area contributed by atoms with Gasteiger partial charge in [-0.15, -0.1) is 10.2 Å². The summed E-state index contributed by atoms with van der Waals surface area (Å²) >= 11 is 1.29. The molecule has 1 N–H and O–H groups in total. The molecule has 0 spiro atoms. The molecule has 0 bridgehead atoms. The Bertz CT molecular complexity index is 1380. The first-order valence-electron chi connectivity index (χ1n) is 10.7. The van der Waals surface area contributed by atoms with Gasteiger partial charge in [0.2, 0.25) is 5.13 Å². The van der Waals surface area contributed by atoms with Crippen molar-refractivity contribution in [3.63, 3.8) is 0 Å². The van der Waals surface area contributed by atoms with Gasteiger partial charge in [-0.1, -0.05) is 42.5 Å². The number of nitrogens with zero attached hydrogens (tertiary/aromatic N) is 4. The summed E-state index contributed by atoms with van der Waals surface area (Å²) in [5, 5.41) is 22.4. The van der Waals surface area contributed by atoms with Gasteiger partial charge in [0, 0.05) is 28.7 Å². The summed E-state index contributed by atoms with van der Waals surface area (Å²) in [7, 11) is 1.62. The normalized spacial score (nSPS) is 11.3. The molecule has 34 heavy (non-hydrogen) atoms. The first-order valence-corrected chi connectivity index (χ1v) is 11.5. The SMILES string of the molecule is CCc1nnc(NC(=O)C(C#N)=Cc2cn(CCOc3cccc(OC)c3)c3ccccc23)s1. The van der Waals surface area contributed by atoms with E-state index in [2.05, 4.69) is 15.5 Å². The van der Waals surface area contributed by atoms with Gasteiger partial charge in [0.15, 0.2) is 0 Å². The Morgan fingerprint density at radius 2 is 2.03 bits per heavy atom. The number of anilines is 1. The predicted octanol–water partition coefficient (Wildman–Crippen LogP) is 4.69. The Morgan fingerprint density at radius 3 is 2.79 bits per heavy atom. The number of rotatable bonds is 9. The van der Waals surface area contributed by atoms with Gasteiger partial charge in [0.25, 0.3) is 5.91 Å². The van der Waals surface area contributed by atoms with E-state index in [0.717, 1.165) is 39.4 Å². The molecule has 2 aromatic heterocycles. The molecule has 0 atom stereocenters. The maximum atomic E-state index is 12.7. The van der Waals surface area contributed by atoms with Gasteiger partial charge in [0.1, 0.15) is 34.8 Å². The van der Waals surface area contributed by atoms with Crippen LogP contribution in [0.4, 0.5) is 5.13 Å². The first-order chi connectivity index (χ1) is 16.6. The maximum Gasteiger partial charge on any atom is 0.268 e. The van der Waals surface area contributed by atoms with Crippen molar-refractivity contribution in [1.82, 2.24) is 14.8 Å². The van der Waals surface area contributed by atoms with Crippen LogP contribution in [0.1, 0.15) is 17.5 Å². The van der Waals surface area contributed by atoms with E-state index in [0.29, 0.717) is 18.3 Å². The van der Waals surface area contributed by atoms with E-state index >= 15 is 0 Å². The molecular weight excluding hydrogens is 450 g/mol. The number of fused-ring (bicyclic) bond motifs is 1. The van der Waals surface area contributed by atoms with Crippen LogP contribution in [-0.2, 0) is 17.8 Å². The van der Waals surface area contributed by atoms with Gasteiger partial charge in [-0.2, -0.15) is 5.26 Å². The van der Waals surface area contributed by atoms with E-state index in [4.69, 9.17) is 9.47 Å². The molecule has 0 saturated heterocycles. The molecule has 0 radical (unpaired) electrons. The fourth-order valence-corrected chi connectivity index (χ4v) is 4.12. The van der Waals surface area contributed by atoms with Gasteiger partial charge in [0.05, 0.1) is 13.7 Å². The number of hydrogen-bond acceptors (Lipinski definition) is 7. The number of aromatic nitrogens is 3. The summed E-state index contributed by atoms with van der Waals surface area (Å²) in [4.78, 5) is 12.7. The van der Waals surface area contributed by atoms with Gasteiger partial charge in [-0.3, -0.25) is 10.1 Å². The number of ether oxygens (including phenoxy) is 2. The third-order valence-electron chi connectivity index (χ3n) is 5.12. The van der Waals surface area contributed by atoms with Crippen molar-refractivity contribution in [2.24, 2.45) is 0 Å². The summed E-state index contributed by atoms with van der Waals surface area (Å²) in [6.45, 7) is 2.99. The topological polar surface area (TPSA) is 102 Å². The van der Waals surface area contributed by atoms with Crippen LogP contribution in [0.2, 0.25) is 0 Å². The zero-order chi connectivity index (χ0) is 23.9. The van der Waals surface area contributed by atoms with Crippen LogP contribution in [0.25, 0.3) is 17.0 Å². The van der Waals surface area contributed by atoms with Crippen LogP contribution >= 0.6 is 11.3 Å². The second kappa shape index (κ2) is 10.6. The zero-order valence-electron chi connectivity index (χ0n) is 18.8. The second-order valence-electron chi connectivity index (χ2n) is 7.30. The largest absolute Gasteiger partial charge is 0.497 e. The molecule has 2 heterocycles. The summed E-state index contributed by atoms with van der Waals surface area (Å²) in [6.07, 6.45) is 4.25. The number of hydrogen-bond donors (Lipinski definition) is 1. The molecule has 4 aromatic rings. The molecule has 0 saturated carbocycles. The van der Waals surface area contributed by atoms with Crippen LogP contribution < -0.4 is 14.8 Å². The lowest BCUT2D eigenvalue weighted by Crippen LogP contribution is -2.13. The van der Waals surface area contributed by atoms with Crippen LogP contribution in [0.15, 0.2) is 60.3 Å². The Balaban J connectivity index is 1.53. The van der Waals surface area contributed by atoms with E-state index in [1.165, 1.54) is 11.3 Å². The van der Waals surface area contributed by atoms with E-state index in [1.54, 1.807) is 13.2 Å². The molecule has 0 aliphatic rings. The molecule has 172 valence electrons. The second-order valence-corrected chi connectivity index (χ2v) is 8.36. The molecule has 8 nitrogen and oxygen atoms in total. The van der Waals surface area contributed by atoms with Crippen LogP contribution in [0.3, 0.4) is 0 Å². The number of nitriles is 1. The Hall–Kier alpha value is -4.16. The van der Waals surface area contributed by atoms with E-state index in [1.807, 2.05) is 72.3 Å². The van der Waals surface area contributed by atoms with Crippen molar-refractivity contribution in [3.8, 4) is 17.6 Å². The third kappa shape index (κ3) is 5.24. The zero-order valence-corrected chi connectivity index (χ0v) is 19.6. The van der Waals surface area contributed by atoms with Gasteiger partial charge < -0.3 is 14.0 Å². The predicted molar refractivity (Wildman–Crippen MR) is 132 cm³/mol. The highest BCUT2D eigenvalue weighted by atomic mass is 32.1. The smallest absolute Gasteiger partial charge is 0.268 e. The molecule has 2 aromatic carbocycles. The lowest BCUT2D eigenvalue weighted by molar-refractivity contribution is -0.112. The van der Waals surface area contributed by atoms with Crippen LogP contribution in [0, 0.1) is 11.3 Å². The number of para-hydroxylation sites is 1. The maximum absolute atomic E-state index is 12.7. The van der Waals surface area contributed by atoms with Crippen molar-refractivity contribution < 1.29 is 14.3 Å². The van der Waals surface area contributed by atoms with Crippen molar-refractivity contribution >= 4 is 39.4 Å². The van der Waals surface area contributed by atoms with Gasteiger partial charge >= 0.3 is 0 Å². The Morgan fingerprint density at radius 1 is 1.21 bits per heavy atom. The van der Waals surface area contributed by atoms with Crippen molar-refractivity contribution in [1.29, 1.82) is 5.26 Å². The molecule has 0 fully saturated rings. The molecule has 1 amide bonds. The summed E-state index contributed by atoms with van der Waals surface area (Å²) in [5.74, 6) is 0.944. The number of amides is 1. The molecule has 0 aliphatic heterocycles. The fraction of sp³-hybridized carbons (Fsp3) is 0.200. The number of carbonyl (C=O) groups excluding carboxylic acids is 1. The molecule has 0 unspecified atom stereocenters. The van der Waals surface area contributed by atoms with E-state index < -0.39 is 5.91 Å². The van der Waals surface area contributed by atoms with Gasteiger partial charge in [-0.05, 0) is 30.7 Å². The summed E-state index contributed by atoms with van der Waals surface area (Å²) in [5.41, 5.74) is 1.75. The molecule has 0 aliphatic carbocycles. The van der Waals surface area contributed by atoms with Crippen molar-refractivity contribution in [2.75, 3.05) is 19.0 Å². The number of benzene rings is 2. The molecule has 4 rings (SSSR count). The van der Waals surface area contributed by atoms with Gasteiger partial charge in [-0.25, -0.2) is 0 Å². The minimum atomic E-state index is -0.514. The monoisotopic (exact) mass is 473 g/mol. The minimum absolute atomic E-state index is 0.0104. The van der Waals surface area contributed by atoms with Crippen LogP contribution in [-0.4, -0.2) is 34.4 Å². The van der Waals surface area contributed by atoms with Crippen LogP contribution in [0.5, 0.6) is 11.5 Å². The Labute approximate surface area is 201 Å². The Kier molecular flexibility index (Phi) is 7.20. The fourth-order valence-electron chi connectivity index (χ4n) is 3.44. The third-order valence-corrected chi connectivity index (χ3v) is 6.10.